The standard InChI is InChI=1S/C16H23ClN2O/c1-3-4-12-5-7-13(8-6-12)19-16(20)14-10-18-11(2)9-15(14)17/h9-10,12-13H,3-8H2,1-2H3,(H,19,20). The normalized spacial score (nSPS) is 22.6. The number of carbonyl (C=O) groups excluding carboxylic acids is 1. The Hall–Kier alpha value is -1.09. The molecule has 1 aromatic heterocycles. The molecule has 1 aromatic rings. The summed E-state index contributed by atoms with van der Waals surface area (Å²) in [5, 5.41) is 3.58. The van der Waals surface area contributed by atoms with Crippen molar-refractivity contribution in [2.45, 2.75) is 58.4 Å². The van der Waals surface area contributed by atoms with Gasteiger partial charge in [-0.25, -0.2) is 0 Å². The van der Waals surface area contributed by atoms with Gasteiger partial charge in [0.05, 0.1) is 10.6 Å². The molecular weight excluding hydrogens is 272 g/mol. The molecule has 4 heteroatoms. The smallest absolute Gasteiger partial charge is 0.254 e. The van der Waals surface area contributed by atoms with Crippen molar-refractivity contribution in [3.63, 3.8) is 0 Å². The molecule has 1 N–H and O–H groups in total. The Morgan fingerprint density at radius 1 is 1.40 bits per heavy atom. The van der Waals surface area contributed by atoms with Crippen LogP contribution >= 0.6 is 11.6 Å². The Bertz CT molecular complexity index is 468. The van der Waals surface area contributed by atoms with E-state index in [1.807, 2.05) is 6.92 Å². The quantitative estimate of drug-likeness (QED) is 0.907. The molecule has 0 atom stereocenters. The molecule has 1 amide bonds. The topological polar surface area (TPSA) is 42.0 Å². The molecular formula is C16H23ClN2O. The van der Waals surface area contributed by atoms with Gasteiger partial charge in [0.1, 0.15) is 0 Å². The van der Waals surface area contributed by atoms with Crippen molar-refractivity contribution >= 4 is 17.5 Å². The maximum atomic E-state index is 12.2. The van der Waals surface area contributed by atoms with Crippen molar-refractivity contribution < 1.29 is 4.79 Å². The number of nitrogens with one attached hydrogen (secondary N) is 1. The fraction of sp³-hybridized carbons (Fsp3) is 0.625. The van der Waals surface area contributed by atoms with Crippen LogP contribution in [0.4, 0.5) is 0 Å². The molecule has 0 spiro atoms. The number of pyridine rings is 1. The van der Waals surface area contributed by atoms with Crippen molar-refractivity contribution in [2.75, 3.05) is 0 Å². The Morgan fingerprint density at radius 3 is 2.70 bits per heavy atom. The lowest BCUT2D eigenvalue weighted by atomic mass is 9.83. The number of carbonyl (C=O) groups is 1. The second kappa shape index (κ2) is 7.07. The van der Waals surface area contributed by atoms with Gasteiger partial charge < -0.3 is 5.32 Å². The molecule has 1 saturated carbocycles. The van der Waals surface area contributed by atoms with Crippen LogP contribution in [0, 0.1) is 12.8 Å². The largest absolute Gasteiger partial charge is 0.349 e. The minimum atomic E-state index is -0.0959. The molecule has 110 valence electrons. The van der Waals surface area contributed by atoms with Gasteiger partial charge in [0.25, 0.3) is 5.91 Å². The van der Waals surface area contributed by atoms with Crippen molar-refractivity contribution in [1.82, 2.24) is 10.3 Å². The number of hydrogen-bond acceptors (Lipinski definition) is 2. The molecule has 0 bridgehead atoms. The van der Waals surface area contributed by atoms with Gasteiger partial charge in [-0.1, -0.05) is 31.4 Å². The van der Waals surface area contributed by atoms with E-state index in [-0.39, 0.29) is 11.9 Å². The number of amides is 1. The van der Waals surface area contributed by atoms with E-state index >= 15 is 0 Å². The van der Waals surface area contributed by atoms with E-state index in [4.69, 9.17) is 11.6 Å². The van der Waals surface area contributed by atoms with E-state index in [9.17, 15) is 4.79 Å². The first-order chi connectivity index (χ1) is 9.60. The molecule has 1 fully saturated rings. The maximum absolute atomic E-state index is 12.2. The summed E-state index contributed by atoms with van der Waals surface area (Å²) in [6, 6.07) is 2.02. The summed E-state index contributed by atoms with van der Waals surface area (Å²) >= 11 is 6.11. The highest BCUT2D eigenvalue weighted by Crippen LogP contribution is 2.28. The first kappa shape index (κ1) is 15.3. The number of aryl methyl sites for hydroxylation is 1. The fourth-order valence-corrected chi connectivity index (χ4v) is 3.25. The first-order valence-corrected chi connectivity index (χ1v) is 7.91. The summed E-state index contributed by atoms with van der Waals surface area (Å²) < 4.78 is 0. The molecule has 1 heterocycles. The summed E-state index contributed by atoms with van der Waals surface area (Å²) in [5.41, 5.74) is 1.31. The molecule has 0 radical (unpaired) electrons. The van der Waals surface area contributed by atoms with Crippen LogP contribution in [0.3, 0.4) is 0 Å². The van der Waals surface area contributed by atoms with Crippen molar-refractivity contribution in [3.05, 3.63) is 28.5 Å². The highest BCUT2D eigenvalue weighted by Gasteiger charge is 2.23. The average Bonchev–Trinajstić information content (AvgIpc) is 2.41. The van der Waals surface area contributed by atoms with Gasteiger partial charge >= 0.3 is 0 Å². The Labute approximate surface area is 126 Å². The van der Waals surface area contributed by atoms with Crippen LogP contribution < -0.4 is 5.32 Å². The minimum Gasteiger partial charge on any atom is -0.349 e. The van der Waals surface area contributed by atoms with Gasteiger partial charge in [-0.3, -0.25) is 9.78 Å². The van der Waals surface area contributed by atoms with E-state index < -0.39 is 0 Å². The second-order valence-corrected chi connectivity index (χ2v) is 6.19. The number of halogens is 1. The Morgan fingerprint density at radius 2 is 2.10 bits per heavy atom. The van der Waals surface area contributed by atoms with Crippen LogP contribution in [0.5, 0.6) is 0 Å². The molecule has 2 rings (SSSR count). The average molecular weight is 295 g/mol. The summed E-state index contributed by atoms with van der Waals surface area (Å²) in [6.45, 7) is 4.10. The molecule has 0 saturated heterocycles. The molecule has 0 aromatic carbocycles. The van der Waals surface area contributed by atoms with E-state index in [1.54, 1.807) is 12.3 Å². The molecule has 3 nitrogen and oxygen atoms in total. The Kier molecular flexibility index (Phi) is 5.41. The van der Waals surface area contributed by atoms with Crippen molar-refractivity contribution in [1.29, 1.82) is 0 Å². The highest BCUT2D eigenvalue weighted by molar-refractivity contribution is 6.33. The minimum absolute atomic E-state index is 0.0959. The SMILES string of the molecule is CCCC1CCC(NC(=O)c2cnc(C)cc2Cl)CC1. The second-order valence-electron chi connectivity index (χ2n) is 5.79. The molecule has 1 aliphatic carbocycles. The van der Waals surface area contributed by atoms with E-state index in [1.165, 1.54) is 25.7 Å². The van der Waals surface area contributed by atoms with Gasteiger partial charge in [0, 0.05) is 17.9 Å². The predicted octanol–water partition coefficient (Wildman–Crippen LogP) is 4.13. The molecule has 0 aliphatic heterocycles. The van der Waals surface area contributed by atoms with Crippen LogP contribution in [0.25, 0.3) is 0 Å². The van der Waals surface area contributed by atoms with Crippen LogP contribution in [0.15, 0.2) is 12.3 Å². The van der Waals surface area contributed by atoms with Crippen molar-refractivity contribution in [2.24, 2.45) is 5.92 Å². The van der Waals surface area contributed by atoms with Crippen LogP contribution in [-0.4, -0.2) is 16.9 Å². The lowest BCUT2D eigenvalue weighted by Crippen LogP contribution is -2.37. The van der Waals surface area contributed by atoms with Crippen LogP contribution in [-0.2, 0) is 0 Å². The summed E-state index contributed by atoms with van der Waals surface area (Å²) in [5.74, 6) is 0.749. The van der Waals surface area contributed by atoms with Crippen LogP contribution in [0.1, 0.15) is 61.5 Å². The number of aromatic nitrogens is 1. The lowest BCUT2D eigenvalue weighted by molar-refractivity contribution is 0.0921. The molecule has 20 heavy (non-hydrogen) atoms. The van der Waals surface area contributed by atoms with E-state index in [0.717, 1.165) is 24.5 Å². The third-order valence-electron chi connectivity index (χ3n) is 4.11. The number of hydrogen-bond donors (Lipinski definition) is 1. The number of nitrogens with zero attached hydrogens (tertiary/aromatic N) is 1. The highest BCUT2D eigenvalue weighted by atomic mass is 35.5. The van der Waals surface area contributed by atoms with Gasteiger partial charge in [0.15, 0.2) is 0 Å². The lowest BCUT2D eigenvalue weighted by Gasteiger charge is -2.29. The van der Waals surface area contributed by atoms with Gasteiger partial charge in [-0.15, -0.1) is 0 Å². The zero-order chi connectivity index (χ0) is 14.5. The predicted molar refractivity (Wildman–Crippen MR) is 82.1 cm³/mol. The van der Waals surface area contributed by atoms with E-state index in [2.05, 4.69) is 17.2 Å². The summed E-state index contributed by atoms with van der Waals surface area (Å²) in [7, 11) is 0. The summed E-state index contributed by atoms with van der Waals surface area (Å²) in [4.78, 5) is 16.4. The van der Waals surface area contributed by atoms with Gasteiger partial charge in [-0.05, 0) is 44.6 Å². The monoisotopic (exact) mass is 294 g/mol. The zero-order valence-corrected chi connectivity index (χ0v) is 13.0. The van der Waals surface area contributed by atoms with Gasteiger partial charge in [-0.2, -0.15) is 0 Å². The Balaban J connectivity index is 1.89. The third-order valence-corrected chi connectivity index (χ3v) is 4.43. The van der Waals surface area contributed by atoms with Gasteiger partial charge in [0.2, 0.25) is 0 Å². The third kappa shape index (κ3) is 3.95. The first-order valence-electron chi connectivity index (χ1n) is 7.53. The van der Waals surface area contributed by atoms with E-state index in [0.29, 0.717) is 10.6 Å². The summed E-state index contributed by atoms with van der Waals surface area (Å²) in [6.07, 6.45) is 8.73. The zero-order valence-electron chi connectivity index (χ0n) is 12.3. The fourth-order valence-electron chi connectivity index (χ4n) is 2.96. The maximum Gasteiger partial charge on any atom is 0.254 e. The van der Waals surface area contributed by atoms with Crippen molar-refractivity contribution in [3.8, 4) is 0 Å². The molecule has 1 aliphatic rings. The number of rotatable bonds is 4. The van der Waals surface area contributed by atoms with Crippen LogP contribution in [0.2, 0.25) is 5.02 Å². The molecule has 0 unspecified atom stereocenters.